The first-order valence-corrected chi connectivity index (χ1v) is 7.39. The molecule has 0 fully saturated rings. The second-order valence-electron chi connectivity index (χ2n) is 4.13. The van der Waals surface area contributed by atoms with Crippen molar-refractivity contribution < 1.29 is 0 Å². The lowest BCUT2D eigenvalue weighted by atomic mass is 10.0. The number of thiophene rings is 2. The van der Waals surface area contributed by atoms with Crippen molar-refractivity contribution in [3.63, 3.8) is 0 Å². The summed E-state index contributed by atoms with van der Waals surface area (Å²) in [6.07, 6.45) is 0.921. The summed E-state index contributed by atoms with van der Waals surface area (Å²) in [6.45, 7) is 0. The Morgan fingerprint density at radius 1 is 1.12 bits per heavy atom. The molecule has 1 aromatic carbocycles. The van der Waals surface area contributed by atoms with Crippen LogP contribution in [0.2, 0.25) is 0 Å². The molecular formula is C14H13NS2. The molecule has 0 spiro atoms. The van der Waals surface area contributed by atoms with Gasteiger partial charge >= 0.3 is 0 Å². The number of fused-ring (bicyclic) bond motifs is 1. The molecular weight excluding hydrogens is 246 g/mol. The summed E-state index contributed by atoms with van der Waals surface area (Å²) < 4.78 is 1.32. The molecule has 0 aliphatic heterocycles. The van der Waals surface area contributed by atoms with E-state index < -0.39 is 0 Å². The van der Waals surface area contributed by atoms with Gasteiger partial charge in [0.05, 0.1) is 0 Å². The van der Waals surface area contributed by atoms with Crippen LogP contribution in [0, 0.1) is 0 Å². The molecule has 1 nitrogen and oxygen atoms in total. The number of rotatable bonds is 3. The minimum atomic E-state index is 0.0979. The van der Waals surface area contributed by atoms with E-state index in [0.717, 1.165) is 6.42 Å². The fourth-order valence-electron chi connectivity index (χ4n) is 2.06. The highest BCUT2D eigenvalue weighted by molar-refractivity contribution is 7.17. The van der Waals surface area contributed by atoms with Crippen LogP contribution in [0.25, 0.3) is 10.1 Å². The molecule has 0 bridgehead atoms. The lowest BCUT2D eigenvalue weighted by Crippen LogP contribution is -2.12. The third-order valence-corrected chi connectivity index (χ3v) is 4.66. The number of nitrogens with two attached hydrogens (primary N) is 1. The maximum Gasteiger partial charge on any atom is 0.0350 e. The molecule has 0 saturated heterocycles. The smallest absolute Gasteiger partial charge is 0.0350 e. The first-order valence-electron chi connectivity index (χ1n) is 5.57. The zero-order chi connectivity index (χ0) is 11.7. The SMILES string of the molecule is NC(Cc1ccsc1)c1csc2ccccc12. The van der Waals surface area contributed by atoms with Crippen LogP contribution in [-0.2, 0) is 6.42 Å². The van der Waals surface area contributed by atoms with Crippen molar-refractivity contribution in [1.29, 1.82) is 0 Å². The molecule has 3 aromatic rings. The largest absolute Gasteiger partial charge is 0.324 e. The second-order valence-corrected chi connectivity index (χ2v) is 5.82. The van der Waals surface area contributed by atoms with E-state index >= 15 is 0 Å². The second kappa shape index (κ2) is 4.61. The summed E-state index contributed by atoms with van der Waals surface area (Å²) >= 11 is 3.51. The normalized spacial score (nSPS) is 13.0. The molecule has 0 saturated carbocycles. The molecule has 86 valence electrons. The van der Waals surface area contributed by atoms with Crippen molar-refractivity contribution in [2.75, 3.05) is 0 Å². The first kappa shape index (κ1) is 11.0. The molecule has 0 aliphatic rings. The zero-order valence-corrected chi connectivity index (χ0v) is 10.9. The molecule has 3 rings (SSSR count). The third kappa shape index (κ3) is 2.14. The molecule has 1 atom stereocenters. The predicted molar refractivity (Wildman–Crippen MR) is 76.8 cm³/mol. The van der Waals surface area contributed by atoms with Crippen molar-refractivity contribution in [2.45, 2.75) is 12.5 Å². The van der Waals surface area contributed by atoms with Crippen molar-refractivity contribution >= 4 is 32.8 Å². The van der Waals surface area contributed by atoms with Gasteiger partial charge in [-0.05, 0) is 51.2 Å². The van der Waals surface area contributed by atoms with Gasteiger partial charge in [0.25, 0.3) is 0 Å². The number of benzene rings is 1. The van der Waals surface area contributed by atoms with E-state index in [4.69, 9.17) is 5.73 Å². The zero-order valence-electron chi connectivity index (χ0n) is 9.30. The van der Waals surface area contributed by atoms with Crippen LogP contribution in [-0.4, -0.2) is 0 Å². The van der Waals surface area contributed by atoms with Crippen LogP contribution in [0.5, 0.6) is 0 Å². The van der Waals surface area contributed by atoms with Crippen LogP contribution < -0.4 is 5.73 Å². The molecule has 2 N–H and O–H groups in total. The molecule has 17 heavy (non-hydrogen) atoms. The van der Waals surface area contributed by atoms with E-state index in [1.165, 1.54) is 21.2 Å². The van der Waals surface area contributed by atoms with Gasteiger partial charge in [0.15, 0.2) is 0 Å². The Bertz CT molecular complexity index is 610. The van der Waals surface area contributed by atoms with Crippen LogP contribution in [0.3, 0.4) is 0 Å². The van der Waals surface area contributed by atoms with Crippen LogP contribution in [0.1, 0.15) is 17.2 Å². The maximum absolute atomic E-state index is 6.31. The molecule has 0 radical (unpaired) electrons. The minimum Gasteiger partial charge on any atom is -0.324 e. The summed E-state index contributed by atoms with van der Waals surface area (Å²) in [5.41, 5.74) is 8.91. The maximum atomic E-state index is 6.31. The van der Waals surface area contributed by atoms with E-state index in [9.17, 15) is 0 Å². The first-order chi connectivity index (χ1) is 8.34. The van der Waals surface area contributed by atoms with Gasteiger partial charge in [0.1, 0.15) is 0 Å². The summed E-state index contributed by atoms with van der Waals surface area (Å²) in [5, 5.41) is 7.78. The van der Waals surface area contributed by atoms with E-state index in [1.807, 2.05) is 0 Å². The van der Waals surface area contributed by atoms with Crippen LogP contribution in [0.4, 0.5) is 0 Å². The molecule has 1 unspecified atom stereocenters. The number of hydrogen-bond donors (Lipinski definition) is 1. The van der Waals surface area contributed by atoms with E-state index in [1.54, 1.807) is 22.7 Å². The molecule has 0 aliphatic carbocycles. The summed E-state index contributed by atoms with van der Waals surface area (Å²) in [5.74, 6) is 0. The quantitative estimate of drug-likeness (QED) is 0.749. The van der Waals surface area contributed by atoms with Gasteiger partial charge in [-0.2, -0.15) is 11.3 Å². The molecule has 3 heteroatoms. The van der Waals surface area contributed by atoms with Gasteiger partial charge < -0.3 is 5.73 Å². The fraction of sp³-hybridized carbons (Fsp3) is 0.143. The highest BCUT2D eigenvalue weighted by atomic mass is 32.1. The Morgan fingerprint density at radius 3 is 2.82 bits per heavy atom. The summed E-state index contributed by atoms with van der Waals surface area (Å²) in [6, 6.07) is 10.7. The van der Waals surface area contributed by atoms with Crippen LogP contribution in [0.15, 0.2) is 46.5 Å². The summed E-state index contributed by atoms with van der Waals surface area (Å²) in [7, 11) is 0. The summed E-state index contributed by atoms with van der Waals surface area (Å²) in [4.78, 5) is 0. The highest BCUT2D eigenvalue weighted by Crippen LogP contribution is 2.30. The van der Waals surface area contributed by atoms with E-state index in [0.29, 0.717) is 0 Å². The molecule has 2 heterocycles. The van der Waals surface area contributed by atoms with Crippen molar-refractivity contribution in [3.8, 4) is 0 Å². The Balaban J connectivity index is 1.93. The van der Waals surface area contributed by atoms with E-state index in [2.05, 4.69) is 46.5 Å². The average molecular weight is 259 g/mol. The number of hydrogen-bond acceptors (Lipinski definition) is 3. The van der Waals surface area contributed by atoms with Gasteiger partial charge in [0, 0.05) is 10.7 Å². The van der Waals surface area contributed by atoms with Crippen molar-refractivity contribution in [3.05, 3.63) is 57.6 Å². The standard InChI is InChI=1S/C14H13NS2/c15-13(7-10-5-6-16-8-10)12-9-17-14-4-2-1-3-11(12)14/h1-6,8-9,13H,7,15H2. The lowest BCUT2D eigenvalue weighted by molar-refractivity contribution is 0.732. The van der Waals surface area contributed by atoms with Crippen LogP contribution >= 0.6 is 22.7 Å². The Kier molecular flexibility index (Phi) is 2.97. The average Bonchev–Trinajstić information content (AvgIpc) is 2.96. The highest BCUT2D eigenvalue weighted by Gasteiger charge is 2.12. The Hall–Kier alpha value is -1.16. The minimum absolute atomic E-state index is 0.0979. The molecule has 0 amide bonds. The van der Waals surface area contributed by atoms with Gasteiger partial charge in [-0.3, -0.25) is 0 Å². The third-order valence-electron chi connectivity index (χ3n) is 2.95. The van der Waals surface area contributed by atoms with Gasteiger partial charge in [-0.15, -0.1) is 11.3 Å². The van der Waals surface area contributed by atoms with Gasteiger partial charge in [-0.1, -0.05) is 18.2 Å². The van der Waals surface area contributed by atoms with Crippen molar-refractivity contribution in [1.82, 2.24) is 0 Å². The topological polar surface area (TPSA) is 26.0 Å². The van der Waals surface area contributed by atoms with Gasteiger partial charge in [0.2, 0.25) is 0 Å². The monoisotopic (exact) mass is 259 g/mol. The van der Waals surface area contributed by atoms with Crippen molar-refractivity contribution in [2.24, 2.45) is 5.73 Å². The fourth-order valence-corrected chi connectivity index (χ4v) is 3.77. The molecule has 2 aromatic heterocycles. The Morgan fingerprint density at radius 2 is 2.00 bits per heavy atom. The van der Waals surface area contributed by atoms with E-state index in [-0.39, 0.29) is 6.04 Å². The Labute approximate surface area is 109 Å². The lowest BCUT2D eigenvalue weighted by Gasteiger charge is -2.09. The van der Waals surface area contributed by atoms with Gasteiger partial charge in [-0.25, -0.2) is 0 Å². The predicted octanol–water partition coefficient (Wildman–Crippen LogP) is 4.21.